The first-order valence-corrected chi connectivity index (χ1v) is 17.9. The van der Waals surface area contributed by atoms with Crippen LogP contribution in [0.2, 0.25) is 0 Å². The lowest BCUT2D eigenvalue weighted by Crippen LogP contribution is -2.54. The van der Waals surface area contributed by atoms with Crippen molar-refractivity contribution in [3.63, 3.8) is 0 Å². The number of halogens is 5. The van der Waals surface area contributed by atoms with Crippen LogP contribution in [0.5, 0.6) is 5.75 Å². The van der Waals surface area contributed by atoms with E-state index in [-0.39, 0.29) is 47.9 Å². The molecule has 1 aromatic heterocycles. The predicted octanol–water partition coefficient (Wildman–Crippen LogP) is 7.21. The van der Waals surface area contributed by atoms with Crippen molar-refractivity contribution in [1.82, 2.24) is 20.1 Å². The van der Waals surface area contributed by atoms with Gasteiger partial charge < -0.3 is 19.7 Å². The Labute approximate surface area is 299 Å². The molecule has 51 heavy (non-hydrogen) atoms. The summed E-state index contributed by atoms with van der Waals surface area (Å²) in [7, 11) is 3.55. The van der Waals surface area contributed by atoms with E-state index in [4.69, 9.17) is 4.74 Å². The molecular weight excluding hydrogens is 699 g/mol. The molecule has 0 unspecified atom stereocenters. The second-order valence-corrected chi connectivity index (χ2v) is 14.4. The SMILES string of the molecule is CCNC(=O)O[C@H](C[C@H](C(C)C)N(C)C(=O)[C@@H](CC(=O)[C@@]1(C)CCCCN1C)[C@@H](C)CC)c1nc(C(=O)Oc2c(F)c(F)c(F)c(F)c2F)cs1. The number of esters is 1. The zero-order valence-electron chi connectivity index (χ0n) is 30.2. The van der Waals surface area contributed by atoms with Crippen molar-refractivity contribution in [2.45, 2.75) is 97.8 Å². The maximum absolute atomic E-state index is 14.3. The number of piperidine rings is 1. The van der Waals surface area contributed by atoms with Crippen molar-refractivity contribution in [3.05, 3.63) is 45.2 Å². The molecule has 2 aromatic rings. The maximum atomic E-state index is 14.3. The van der Waals surface area contributed by atoms with Crippen LogP contribution in [0.4, 0.5) is 26.7 Å². The fraction of sp³-hybridized carbons (Fsp3) is 0.629. The van der Waals surface area contributed by atoms with Crippen LogP contribution in [0.25, 0.3) is 0 Å². The zero-order valence-corrected chi connectivity index (χ0v) is 31.0. The Bertz CT molecular complexity index is 1560. The number of Topliss-reactive ketones (excluding diaryl/α,β-unsaturated/α-hetero) is 1. The average Bonchev–Trinajstić information content (AvgIpc) is 3.60. The van der Waals surface area contributed by atoms with Gasteiger partial charge in [0.15, 0.2) is 17.6 Å². The molecule has 2 heterocycles. The number of thiazole rings is 1. The van der Waals surface area contributed by atoms with E-state index < -0.39 is 76.2 Å². The number of rotatable bonds is 15. The highest BCUT2D eigenvalue weighted by Crippen LogP contribution is 2.35. The highest BCUT2D eigenvalue weighted by Gasteiger charge is 2.43. The molecule has 3 rings (SSSR count). The summed E-state index contributed by atoms with van der Waals surface area (Å²) in [6.07, 6.45) is 1.36. The number of carbonyl (C=O) groups is 4. The summed E-state index contributed by atoms with van der Waals surface area (Å²) in [5, 5.41) is 3.66. The lowest BCUT2D eigenvalue weighted by Gasteiger charge is -2.43. The Hall–Kier alpha value is -3.66. The van der Waals surface area contributed by atoms with Gasteiger partial charge >= 0.3 is 12.1 Å². The van der Waals surface area contributed by atoms with E-state index in [1.54, 1.807) is 18.9 Å². The lowest BCUT2D eigenvalue weighted by molar-refractivity contribution is -0.144. The fourth-order valence-electron chi connectivity index (χ4n) is 6.23. The van der Waals surface area contributed by atoms with Gasteiger partial charge in [-0.3, -0.25) is 14.5 Å². The summed E-state index contributed by atoms with van der Waals surface area (Å²) in [5.41, 5.74) is -1.22. The third kappa shape index (κ3) is 9.42. The molecule has 1 aliphatic rings. The minimum absolute atomic E-state index is 0.00168. The molecule has 0 aliphatic carbocycles. The molecule has 284 valence electrons. The maximum Gasteiger partial charge on any atom is 0.407 e. The van der Waals surface area contributed by atoms with Gasteiger partial charge in [-0.15, -0.1) is 11.3 Å². The third-order valence-corrected chi connectivity index (χ3v) is 10.9. The van der Waals surface area contributed by atoms with Gasteiger partial charge in [0.1, 0.15) is 5.01 Å². The number of nitrogens with zero attached hydrogens (tertiary/aromatic N) is 3. The number of hydrogen-bond donors (Lipinski definition) is 1. The number of alkyl carbamates (subject to hydrolysis) is 1. The second kappa shape index (κ2) is 17.7. The van der Waals surface area contributed by atoms with Gasteiger partial charge in [-0.05, 0) is 58.5 Å². The molecule has 5 atom stereocenters. The third-order valence-electron chi connectivity index (χ3n) is 9.92. The highest BCUT2D eigenvalue weighted by atomic mass is 32.1. The van der Waals surface area contributed by atoms with Crippen LogP contribution < -0.4 is 10.1 Å². The molecule has 0 radical (unpaired) electrons. The first-order chi connectivity index (χ1) is 23.9. The monoisotopic (exact) mass is 746 g/mol. The Kier molecular flexibility index (Phi) is 14.5. The first-order valence-electron chi connectivity index (χ1n) is 17.0. The minimum atomic E-state index is -2.41. The van der Waals surface area contributed by atoms with Crippen molar-refractivity contribution in [2.24, 2.45) is 17.8 Å². The van der Waals surface area contributed by atoms with Gasteiger partial charge in [0.25, 0.3) is 0 Å². The minimum Gasteiger partial charge on any atom is -0.439 e. The smallest absolute Gasteiger partial charge is 0.407 e. The topological polar surface area (TPSA) is 118 Å². The molecule has 10 nitrogen and oxygen atoms in total. The molecule has 1 saturated heterocycles. The van der Waals surface area contributed by atoms with Gasteiger partial charge in [-0.2, -0.15) is 8.78 Å². The van der Waals surface area contributed by atoms with E-state index in [1.807, 2.05) is 41.7 Å². The largest absolute Gasteiger partial charge is 0.439 e. The number of hydrogen-bond acceptors (Lipinski definition) is 9. The van der Waals surface area contributed by atoms with E-state index in [1.165, 1.54) is 0 Å². The summed E-state index contributed by atoms with van der Waals surface area (Å²) < 4.78 is 79.4. The second-order valence-electron chi connectivity index (χ2n) is 13.6. The van der Waals surface area contributed by atoms with E-state index in [0.717, 1.165) is 36.1 Å². The molecule has 16 heteroatoms. The average molecular weight is 747 g/mol. The molecule has 0 spiro atoms. The normalized spacial score (nSPS) is 18.9. The van der Waals surface area contributed by atoms with Crippen molar-refractivity contribution in [3.8, 4) is 5.75 Å². The quantitative estimate of drug-likeness (QED) is 0.0668. The number of nitrogens with one attached hydrogen (secondary N) is 1. The molecule has 2 amide bonds. The number of ether oxygens (including phenoxy) is 2. The standard InChI is InChI=1S/C35H47F5N4O6S/c1-9-19(5)20(15-24(45)35(6)13-11-12-14-43(35)7)32(46)44(8)22(18(3)4)16-23(49-34(48)41-10-2)31-42-21(17-51-31)33(47)50-30-28(39)26(37)25(36)27(38)29(30)40/h17-20,22-23H,9-16H2,1-8H3,(H,41,48)/t19-,20-,22+,23+,35+/m0/s1. The molecule has 0 saturated carbocycles. The number of benzene rings is 1. The number of likely N-dealkylation sites (N-methyl/N-ethyl adjacent to an activating group) is 1. The fourth-order valence-corrected chi connectivity index (χ4v) is 7.06. The number of likely N-dealkylation sites (tertiary alicyclic amines) is 1. The number of amides is 2. The summed E-state index contributed by atoms with van der Waals surface area (Å²) >= 11 is 0.821. The van der Waals surface area contributed by atoms with Crippen LogP contribution in [0.3, 0.4) is 0 Å². The highest BCUT2D eigenvalue weighted by molar-refractivity contribution is 7.09. The van der Waals surface area contributed by atoms with Crippen LogP contribution in [0.15, 0.2) is 5.38 Å². The van der Waals surface area contributed by atoms with E-state index in [0.29, 0.717) is 12.8 Å². The van der Waals surface area contributed by atoms with Gasteiger partial charge in [0, 0.05) is 43.8 Å². The number of ketones is 1. The van der Waals surface area contributed by atoms with Crippen LogP contribution in [-0.2, 0) is 14.3 Å². The van der Waals surface area contributed by atoms with Gasteiger partial charge in [-0.25, -0.2) is 27.7 Å². The zero-order chi connectivity index (χ0) is 38.4. The Morgan fingerprint density at radius 3 is 2.18 bits per heavy atom. The predicted molar refractivity (Wildman–Crippen MR) is 180 cm³/mol. The van der Waals surface area contributed by atoms with Gasteiger partial charge in [-0.1, -0.05) is 34.1 Å². The van der Waals surface area contributed by atoms with Gasteiger partial charge in [0.2, 0.25) is 40.7 Å². The van der Waals surface area contributed by atoms with E-state index >= 15 is 0 Å². The Morgan fingerprint density at radius 2 is 1.63 bits per heavy atom. The van der Waals surface area contributed by atoms with Crippen molar-refractivity contribution in [2.75, 3.05) is 27.2 Å². The summed E-state index contributed by atoms with van der Waals surface area (Å²) in [6.45, 7) is 12.2. The summed E-state index contributed by atoms with van der Waals surface area (Å²) in [6, 6.07) is -0.570. The van der Waals surface area contributed by atoms with Crippen molar-refractivity contribution < 1.29 is 50.6 Å². The number of aromatic nitrogens is 1. The van der Waals surface area contributed by atoms with E-state index in [2.05, 4.69) is 19.9 Å². The lowest BCUT2D eigenvalue weighted by atomic mass is 9.77. The van der Waals surface area contributed by atoms with Crippen molar-refractivity contribution in [1.29, 1.82) is 0 Å². The Balaban J connectivity index is 1.91. The number of carbonyl (C=O) groups excluding carboxylic acids is 4. The Morgan fingerprint density at radius 1 is 1.02 bits per heavy atom. The summed E-state index contributed by atoms with van der Waals surface area (Å²) in [5.74, 6) is -16.2. The van der Waals surface area contributed by atoms with Crippen molar-refractivity contribution >= 4 is 35.1 Å². The molecular formula is C35H47F5N4O6S. The summed E-state index contributed by atoms with van der Waals surface area (Å²) in [4.78, 5) is 61.2. The molecule has 1 fully saturated rings. The molecule has 0 bridgehead atoms. The molecule has 1 N–H and O–H groups in total. The van der Waals surface area contributed by atoms with Crippen LogP contribution in [-0.4, -0.2) is 77.3 Å². The first kappa shape index (κ1) is 41.8. The van der Waals surface area contributed by atoms with Crippen LogP contribution in [0, 0.1) is 46.8 Å². The van der Waals surface area contributed by atoms with Crippen LogP contribution in [0.1, 0.15) is 102 Å². The van der Waals surface area contributed by atoms with Gasteiger partial charge in [0.05, 0.1) is 5.54 Å². The van der Waals surface area contributed by atoms with Crippen LogP contribution >= 0.6 is 11.3 Å². The molecule has 1 aromatic carbocycles. The molecule has 1 aliphatic heterocycles. The van der Waals surface area contributed by atoms with E-state index in [9.17, 15) is 41.1 Å².